The molecule has 1 rings (SSSR count). The van der Waals surface area contributed by atoms with Crippen LogP contribution in [0, 0.1) is 5.92 Å². The van der Waals surface area contributed by atoms with Crippen molar-refractivity contribution in [2.45, 2.75) is 13.8 Å². The first-order valence-electron chi connectivity index (χ1n) is 5.01. The van der Waals surface area contributed by atoms with Crippen molar-refractivity contribution in [1.29, 1.82) is 0 Å². The fraction of sp³-hybridized carbons (Fsp3) is 0.417. The van der Waals surface area contributed by atoms with Crippen molar-refractivity contribution in [3.63, 3.8) is 0 Å². The third kappa shape index (κ3) is 2.96. The molecule has 3 heteroatoms. The molecule has 0 saturated heterocycles. The molecular formula is C12H16ClNO. The highest BCUT2D eigenvalue weighted by molar-refractivity contribution is 6.33. The van der Waals surface area contributed by atoms with E-state index >= 15 is 0 Å². The van der Waals surface area contributed by atoms with Crippen molar-refractivity contribution in [2.24, 2.45) is 5.92 Å². The largest absolute Gasteiger partial charge is 0.374 e. The number of anilines is 1. The standard InChI is InChI=1S/C12H16ClNO/c1-9(2)7-14(3)12-6-4-5-11(13)10(12)8-15/h4-6,8-9H,7H2,1-3H3. The molecule has 0 radical (unpaired) electrons. The average molecular weight is 226 g/mol. The lowest BCUT2D eigenvalue weighted by molar-refractivity contribution is 0.112. The van der Waals surface area contributed by atoms with Crippen molar-refractivity contribution in [1.82, 2.24) is 0 Å². The predicted octanol–water partition coefficient (Wildman–Crippen LogP) is 3.24. The Morgan fingerprint density at radius 2 is 2.13 bits per heavy atom. The van der Waals surface area contributed by atoms with Gasteiger partial charge in [-0.05, 0) is 18.1 Å². The summed E-state index contributed by atoms with van der Waals surface area (Å²) in [7, 11) is 1.97. The Hall–Kier alpha value is -1.02. The van der Waals surface area contributed by atoms with Crippen LogP contribution in [0.3, 0.4) is 0 Å². The number of nitrogens with zero attached hydrogens (tertiary/aromatic N) is 1. The molecule has 0 heterocycles. The highest BCUT2D eigenvalue weighted by Gasteiger charge is 2.10. The molecule has 0 aromatic heterocycles. The third-order valence-electron chi connectivity index (χ3n) is 2.20. The molecule has 0 aliphatic carbocycles. The van der Waals surface area contributed by atoms with Gasteiger partial charge in [-0.1, -0.05) is 31.5 Å². The van der Waals surface area contributed by atoms with Gasteiger partial charge in [0.05, 0.1) is 10.6 Å². The Kier molecular flexibility index (Phi) is 4.15. The smallest absolute Gasteiger partial charge is 0.153 e. The summed E-state index contributed by atoms with van der Waals surface area (Å²) in [6.07, 6.45) is 0.814. The number of hydrogen-bond acceptors (Lipinski definition) is 2. The quantitative estimate of drug-likeness (QED) is 0.734. The van der Waals surface area contributed by atoms with Gasteiger partial charge < -0.3 is 4.90 Å². The minimum Gasteiger partial charge on any atom is -0.374 e. The van der Waals surface area contributed by atoms with Crippen molar-refractivity contribution < 1.29 is 4.79 Å². The van der Waals surface area contributed by atoms with Gasteiger partial charge in [0.1, 0.15) is 0 Å². The van der Waals surface area contributed by atoms with Crippen LogP contribution in [0.15, 0.2) is 18.2 Å². The zero-order chi connectivity index (χ0) is 11.4. The van der Waals surface area contributed by atoms with E-state index in [1.165, 1.54) is 0 Å². The number of halogens is 1. The van der Waals surface area contributed by atoms with Gasteiger partial charge in [-0.25, -0.2) is 0 Å². The van der Waals surface area contributed by atoms with Crippen LogP contribution >= 0.6 is 11.6 Å². The second kappa shape index (κ2) is 5.17. The maximum atomic E-state index is 10.9. The number of benzene rings is 1. The topological polar surface area (TPSA) is 20.3 Å². The average Bonchev–Trinajstić information content (AvgIpc) is 2.16. The van der Waals surface area contributed by atoms with Crippen molar-refractivity contribution >= 4 is 23.6 Å². The molecule has 15 heavy (non-hydrogen) atoms. The van der Waals surface area contributed by atoms with E-state index in [2.05, 4.69) is 18.7 Å². The Bertz CT molecular complexity index is 349. The van der Waals surface area contributed by atoms with Gasteiger partial charge in [0.2, 0.25) is 0 Å². The van der Waals surface area contributed by atoms with E-state index in [0.29, 0.717) is 16.5 Å². The summed E-state index contributed by atoms with van der Waals surface area (Å²) in [5.74, 6) is 0.550. The monoisotopic (exact) mass is 225 g/mol. The third-order valence-corrected chi connectivity index (χ3v) is 2.53. The fourth-order valence-corrected chi connectivity index (χ4v) is 1.84. The van der Waals surface area contributed by atoms with Crippen LogP contribution in [0.1, 0.15) is 24.2 Å². The lowest BCUT2D eigenvalue weighted by Crippen LogP contribution is -2.23. The van der Waals surface area contributed by atoms with Crippen molar-refractivity contribution in [3.05, 3.63) is 28.8 Å². The summed E-state index contributed by atoms with van der Waals surface area (Å²) < 4.78 is 0. The first-order chi connectivity index (χ1) is 7.06. The molecule has 0 aliphatic heterocycles. The number of carbonyl (C=O) groups is 1. The van der Waals surface area contributed by atoms with Crippen LogP contribution in [0.4, 0.5) is 5.69 Å². The van der Waals surface area contributed by atoms with Crippen molar-refractivity contribution in [3.8, 4) is 0 Å². The Labute approximate surface area is 95.8 Å². The number of hydrogen-bond donors (Lipinski definition) is 0. The van der Waals surface area contributed by atoms with Crippen LogP contribution < -0.4 is 4.90 Å². The predicted molar refractivity (Wildman–Crippen MR) is 64.9 cm³/mol. The lowest BCUT2D eigenvalue weighted by Gasteiger charge is -2.23. The molecular weight excluding hydrogens is 210 g/mol. The molecule has 82 valence electrons. The fourth-order valence-electron chi connectivity index (χ4n) is 1.62. The second-order valence-electron chi connectivity index (χ2n) is 4.06. The summed E-state index contributed by atoms with van der Waals surface area (Å²) in [6.45, 7) is 5.18. The van der Waals surface area contributed by atoms with E-state index in [0.717, 1.165) is 18.5 Å². The molecule has 0 spiro atoms. The van der Waals surface area contributed by atoms with E-state index in [4.69, 9.17) is 11.6 Å². The maximum absolute atomic E-state index is 10.9. The first-order valence-corrected chi connectivity index (χ1v) is 5.39. The lowest BCUT2D eigenvalue weighted by atomic mass is 10.1. The molecule has 2 nitrogen and oxygen atoms in total. The molecule has 0 fully saturated rings. The van der Waals surface area contributed by atoms with Gasteiger partial charge >= 0.3 is 0 Å². The summed E-state index contributed by atoms with van der Waals surface area (Å²) in [6, 6.07) is 5.51. The minimum atomic E-state index is 0.512. The first kappa shape index (κ1) is 12.1. The summed E-state index contributed by atoms with van der Waals surface area (Å²) >= 11 is 5.95. The SMILES string of the molecule is CC(C)CN(C)c1cccc(Cl)c1C=O. The highest BCUT2D eigenvalue weighted by Crippen LogP contribution is 2.25. The van der Waals surface area contributed by atoms with Crippen LogP contribution in [0.5, 0.6) is 0 Å². The molecule has 0 aliphatic rings. The van der Waals surface area contributed by atoms with Gasteiger partial charge in [0.15, 0.2) is 6.29 Å². The molecule has 1 aromatic carbocycles. The zero-order valence-electron chi connectivity index (χ0n) is 9.33. The molecule has 0 atom stereocenters. The molecule has 1 aromatic rings. The number of carbonyl (C=O) groups excluding carboxylic acids is 1. The van der Waals surface area contributed by atoms with Gasteiger partial charge in [0.25, 0.3) is 0 Å². The van der Waals surface area contributed by atoms with E-state index in [9.17, 15) is 4.79 Å². The van der Waals surface area contributed by atoms with Gasteiger partial charge in [-0.2, -0.15) is 0 Å². The van der Waals surface area contributed by atoms with Crippen molar-refractivity contribution in [2.75, 3.05) is 18.5 Å². The second-order valence-corrected chi connectivity index (χ2v) is 4.47. The Morgan fingerprint density at radius 1 is 1.47 bits per heavy atom. The molecule has 0 saturated carbocycles. The number of aldehydes is 1. The normalized spacial score (nSPS) is 10.5. The van der Waals surface area contributed by atoms with Crippen LogP contribution in [-0.2, 0) is 0 Å². The summed E-state index contributed by atoms with van der Waals surface area (Å²) in [5.41, 5.74) is 1.47. The summed E-state index contributed by atoms with van der Waals surface area (Å²) in [5, 5.41) is 0.512. The van der Waals surface area contributed by atoms with Gasteiger partial charge in [-0.15, -0.1) is 0 Å². The van der Waals surface area contributed by atoms with Crippen LogP contribution in [-0.4, -0.2) is 19.9 Å². The molecule has 0 unspecified atom stereocenters. The van der Waals surface area contributed by atoms with E-state index in [1.54, 1.807) is 6.07 Å². The zero-order valence-corrected chi connectivity index (χ0v) is 10.1. The van der Waals surface area contributed by atoms with E-state index in [1.807, 2.05) is 19.2 Å². The van der Waals surface area contributed by atoms with Crippen LogP contribution in [0.25, 0.3) is 0 Å². The Morgan fingerprint density at radius 3 is 2.67 bits per heavy atom. The van der Waals surface area contributed by atoms with E-state index < -0.39 is 0 Å². The summed E-state index contributed by atoms with van der Waals surface area (Å²) in [4.78, 5) is 13.0. The van der Waals surface area contributed by atoms with Gasteiger partial charge in [-0.3, -0.25) is 4.79 Å². The highest BCUT2D eigenvalue weighted by atomic mass is 35.5. The Balaban J connectivity index is 3.02. The van der Waals surface area contributed by atoms with E-state index in [-0.39, 0.29) is 0 Å². The molecule has 0 bridgehead atoms. The molecule has 0 amide bonds. The minimum absolute atomic E-state index is 0.512. The molecule has 0 N–H and O–H groups in total. The maximum Gasteiger partial charge on any atom is 0.153 e. The van der Waals surface area contributed by atoms with Gasteiger partial charge in [0, 0.05) is 19.3 Å². The number of rotatable bonds is 4. The van der Waals surface area contributed by atoms with Crippen LogP contribution in [0.2, 0.25) is 5.02 Å².